The van der Waals surface area contributed by atoms with E-state index in [1.54, 1.807) is 18.3 Å². The van der Waals surface area contributed by atoms with Gasteiger partial charge in [-0.2, -0.15) is 0 Å². The maximum atomic E-state index is 12.6. The minimum Gasteiger partial charge on any atom is -0.395 e. The molecule has 0 aliphatic carbocycles. The lowest BCUT2D eigenvalue weighted by Gasteiger charge is -2.18. The zero-order chi connectivity index (χ0) is 15.2. The molecule has 1 atom stereocenters. The molecule has 1 aliphatic rings. The van der Waals surface area contributed by atoms with Crippen molar-refractivity contribution in [2.45, 2.75) is 26.7 Å². The van der Waals surface area contributed by atoms with E-state index in [0.29, 0.717) is 29.5 Å². The summed E-state index contributed by atoms with van der Waals surface area (Å²) in [7, 11) is 0. The van der Waals surface area contributed by atoms with Gasteiger partial charge in [0.05, 0.1) is 12.2 Å². The van der Waals surface area contributed by atoms with E-state index < -0.39 is 0 Å². The molecule has 0 saturated carbocycles. The molecule has 1 amide bonds. The van der Waals surface area contributed by atoms with Crippen molar-refractivity contribution in [2.75, 3.05) is 19.7 Å². The SMILES string of the molecule is CC(C)C1CCN(C(=O)c2ncccc2C#CCCO)C1. The largest absolute Gasteiger partial charge is 0.395 e. The number of hydrogen-bond acceptors (Lipinski definition) is 3. The highest BCUT2D eigenvalue weighted by Crippen LogP contribution is 2.25. The molecule has 1 aromatic rings. The highest BCUT2D eigenvalue weighted by molar-refractivity contribution is 5.94. The van der Waals surface area contributed by atoms with Crippen molar-refractivity contribution in [1.82, 2.24) is 9.88 Å². The quantitative estimate of drug-likeness (QED) is 0.864. The minimum absolute atomic E-state index is 0.0265. The van der Waals surface area contributed by atoms with Gasteiger partial charge in [0.25, 0.3) is 5.91 Å². The van der Waals surface area contributed by atoms with E-state index >= 15 is 0 Å². The molecular formula is C17H22N2O2. The van der Waals surface area contributed by atoms with E-state index in [2.05, 4.69) is 30.7 Å². The highest BCUT2D eigenvalue weighted by Gasteiger charge is 2.29. The highest BCUT2D eigenvalue weighted by atomic mass is 16.2. The van der Waals surface area contributed by atoms with Gasteiger partial charge in [0.1, 0.15) is 5.69 Å². The summed E-state index contributed by atoms with van der Waals surface area (Å²) in [5.41, 5.74) is 1.07. The van der Waals surface area contributed by atoms with Crippen LogP contribution in [0.3, 0.4) is 0 Å². The average Bonchev–Trinajstić information content (AvgIpc) is 2.97. The Bertz CT molecular complexity index is 557. The number of amides is 1. The predicted molar refractivity (Wildman–Crippen MR) is 81.7 cm³/mol. The molecule has 4 heteroatoms. The number of rotatable bonds is 3. The van der Waals surface area contributed by atoms with Crippen molar-refractivity contribution in [2.24, 2.45) is 11.8 Å². The fourth-order valence-electron chi connectivity index (χ4n) is 2.56. The fourth-order valence-corrected chi connectivity index (χ4v) is 2.56. The maximum Gasteiger partial charge on any atom is 0.273 e. The van der Waals surface area contributed by atoms with E-state index in [1.165, 1.54) is 0 Å². The maximum absolute atomic E-state index is 12.6. The van der Waals surface area contributed by atoms with Crippen molar-refractivity contribution < 1.29 is 9.90 Å². The zero-order valence-electron chi connectivity index (χ0n) is 12.7. The first-order valence-electron chi connectivity index (χ1n) is 7.47. The lowest BCUT2D eigenvalue weighted by molar-refractivity contribution is 0.0778. The number of nitrogens with zero attached hydrogens (tertiary/aromatic N) is 2. The molecule has 1 N–H and O–H groups in total. The van der Waals surface area contributed by atoms with Gasteiger partial charge in [0, 0.05) is 25.7 Å². The third-order valence-corrected chi connectivity index (χ3v) is 3.92. The van der Waals surface area contributed by atoms with Gasteiger partial charge in [-0.25, -0.2) is 4.98 Å². The summed E-state index contributed by atoms with van der Waals surface area (Å²) < 4.78 is 0. The average molecular weight is 286 g/mol. The van der Waals surface area contributed by atoms with Crippen LogP contribution in [0.5, 0.6) is 0 Å². The van der Waals surface area contributed by atoms with Crippen LogP contribution >= 0.6 is 0 Å². The molecule has 2 rings (SSSR count). The number of hydrogen-bond donors (Lipinski definition) is 1. The van der Waals surface area contributed by atoms with Crippen molar-refractivity contribution in [1.29, 1.82) is 0 Å². The van der Waals surface area contributed by atoms with Gasteiger partial charge in [-0.15, -0.1) is 0 Å². The molecule has 0 spiro atoms. The standard InChI is InChI=1S/C17H22N2O2/c1-13(2)15-8-10-19(12-15)17(21)16-14(6-3-4-11-20)7-5-9-18-16/h5,7,9,13,15,20H,4,8,10-12H2,1-2H3. The number of aliphatic hydroxyl groups is 1. The van der Waals surface area contributed by atoms with Crippen LogP contribution in [0.4, 0.5) is 0 Å². The lowest BCUT2D eigenvalue weighted by Crippen LogP contribution is -2.30. The third kappa shape index (κ3) is 3.83. The Labute approximate surface area is 126 Å². The lowest BCUT2D eigenvalue weighted by atomic mass is 9.95. The van der Waals surface area contributed by atoms with Gasteiger partial charge in [0.2, 0.25) is 0 Å². The van der Waals surface area contributed by atoms with Gasteiger partial charge in [0.15, 0.2) is 0 Å². The molecule has 1 unspecified atom stereocenters. The van der Waals surface area contributed by atoms with Crippen molar-refractivity contribution in [3.8, 4) is 11.8 Å². The first-order valence-corrected chi connectivity index (χ1v) is 7.47. The first kappa shape index (κ1) is 15.5. The second-order valence-electron chi connectivity index (χ2n) is 5.72. The first-order chi connectivity index (χ1) is 10.1. The number of carbonyl (C=O) groups excluding carboxylic acids is 1. The number of aromatic nitrogens is 1. The van der Waals surface area contributed by atoms with E-state index in [9.17, 15) is 4.79 Å². The van der Waals surface area contributed by atoms with Crippen LogP contribution in [0, 0.1) is 23.7 Å². The van der Waals surface area contributed by atoms with Crippen LogP contribution in [0.2, 0.25) is 0 Å². The number of likely N-dealkylation sites (tertiary alicyclic amines) is 1. The summed E-state index contributed by atoms with van der Waals surface area (Å²) in [5.74, 6) is 6.91. The molecule has 1 aliphatic heterocycles. The molecule has 2 heterocycles. The molecule has 1 aromatic heterocycles. The molecular weight excluding hydrogens is 264 g/mol. The molecule has 1 saturated heterocycles. The monoisotopic (exact) mass is 286 g/mol. The van der Waals surface area contributed by atoms with Crippen LogP contribution in [0.1, 0.15) is 42.7 Å². The number of pyridine rings is 1. The molecule has 0 bridgehead atoms. The third-order valence-electron chi connectivity index (χ3n) is 3.92. The Hall–Kier alpha value is -1.86. The van der Waals surface area contributed by atoms with Crippen LogP contribution < -0.4 is 0 Å². The molecule has 112 valence electrons. The summed E-state index contributed by atoms with van der Waals surface area (Å²) in [5, 5.41) is 8.78. The summed E-state index contributed by atoms with van der Waals surface area (Å²) >= 11 is 0. The molecule has 0 radical (unpaired) electrons. The second kappa shape index (κ2) is 7.24. The van der Waals surface area contributed by atoms with Gasteiger partial charge < -0.3 is 10.0 Å². The van der Waals surface area contributed by atoms with Crippen molar-refractivity contribution in [3.63, 3.8) is 0 Å². The Morgan fingerprint density at radius 2 is 2.38 bits per heavy atom. The number of aliphatic hydroxyl groups excluding tert-OH is 1. The van der Waals surface area contributed by atoms with Crippen LogP contribution in [0.15, 0.2) is 18.3 Å². The molecule has 21 heavy (non-hydrogen) atoms. The van der Waals surface area contributed by atoms with Gasteiger partial charge in [-0.1, -0.05) is 25.7 Å². The normalized spacial score (nSPS) is 17.7. The van der Waals surface area contributed by atoms with Crippen molar-refractivity contribution in [3.05, 3.63) is 29.6 Å². The second-order valence-corrected chi connectivity index (χ2v) is 5.72. The van der Waals surface area contributed by atoms with E-state index in [4.69, 9.17) is 5.11 Å². The van der Waals surface area contributed by atoms with Gasteiger partial charge >= 0.3 is 0 Å². The van der Waals surface area contributed by atoms with Crippen LogP contribution in [-0.2, 0) is 0 Å². The van der Waals surface area contributed by atoms with Crippen LogP contribution in [-0.4, -0.2) is 40.6 Å². The predicted octanol–water partition coefficient (Wildman–Crippen LogP) is 1.93. The fraction of sp³-hybridized carbons (Fsp3) is 0.529. The Morgan fingerprint density at radius 3 is 3.05 bits per heavy atom. The summed E-state index contributed by atoms with van der Waals surface area (Å²) in [6.45, 7) is 6.02. The Kier molecular flexibility index (Phi) is 5.35. The molecule has 4 nitrogen and oxygen atoms in total. The minimum atomic E-state index is -0.0351. The Morgan fingerprint density at radius 1 is 1.57 bits per heavy atom. The Balaban J connectivity index is 2.15. The summed E-state index contributed by atoms with van der Waals surface area (Å²) in [4.78, 5) is 18.7. The molecule has 1 fully saturated rings. The smallest absolute Gasteiger partial charge is 0.273 e. The van der Waals surface area contributed by atoms with E-state index in [-0.39, 0.29) is 12.5 Å². The van der Waals surface area contributed by atoms with Gasteiger partial charge in [-0.05, 0) is 30.4 Å². The zero-order valence-corrected chi connectivity index (χ0v) is 12.7. The molecule has 0 aromatic carbocycles. The van der Waals surface area contributed by atoms with Gasteiger partial charge in [-0.3, -0.25) is 4.79 Å². The topological polar surface area (TPSA) is 53.4 Å². The summed E-state index contributed by atoms with van der Waals surface area (Å²) in [6.07, 6.45) is 3.09. The van der Waals surface area contributed by atoms with E-state index in [1.807, 2.05) is 4.90 Å². The summed E-state index contributed by atoms with van der Waals surface area (Å²) in [6, 6.07) is 3.58. The number of carbonyl (C=O) groups is 1. The van der Waals surface area contributed by atoms with Crippen LogP contribution in [0.25, 0.3) is 0 Å². The van der Waals surface area contributed by atoms with Crippen molar-refractivity contribution >= 4 is 5.91 Å². The van der Waals surface area contributed by atoms with E-state index in [0.717, 1.165) is 19.5 Å².